The van der Waals surface area contributed by atoms with Crippen molar-refractivity contribution >= 4 is 40.6 Å². The molecule has 0 bridgehead atoms. The van der Waals surface area contributed by atoms with Crippen LogP contribution in [0.25, 0.3) is 10.9 Å². The SMILES string of the molecule is O=Cc1nn(CC(=O)N(CC(=O)NCc2cccc(Cl)c2F)C2CCCCCC2)c2ccccc12. The first-order valence-electron chi connectivity index (χ1n) is 11.9. The number of benzene rings is 2. The summed E-state index contributed by atoms with van der Waals surface area (Å²) in [6.45, 7) is -0.239. The molecule has 1 aliphatic rings. The van der Waals surface area contributed by atoms with Crippen LogP contribution in [0.15, 0.2) is 42.5 Å². The van der Waals surface area contributed by atoms with Crippen LogP contribution in [0.2, 0.25) is 5.02 Å². The molecule has 184 valence electrons. The van der Waals surface area contributed by atoms with Crippen LogP contribution < -0.4 is 5.32 Å². The number of fused-ring (bicyclic) bond motifs is 1. The second-order valence-corrected chi connectivity index (χ2v) is 9.24. The van der Waals surface area contributed by atoms with Gasteiger partial charge in [0.15, 0.2) is 6.29 Å². The van der Waals surface area contributed by atoms with Crippen LogP contribution in [0.3, 0.4) is 0 Å². The van der Waals surface area contributed by atoms with E-state index in [1.165, 1.54) is 10.7 Å². The predicted octanol–water partition coefficient (Wildman–Crippen LogP) is 4.51. The molecule has 0 radical (unpaired) electrons. The van der Waals surface area contributed by atoms with Crippen molar-refractivity contribution in [1.29, 1.82) is 0 Å². The largest absolute Gasteiger partial charge is 0.350 e. The molecule has 7 nitrogen and oxygen atoms in total. The molecule has 1 saturated carbocycles. The molecule has 3 aromatic rings. The van der Waals surface area contributed by atoms with E-state index >= 15 is 0 Å². The van der Waals surface area contributed by atoms with Gasteiger partial charge in [0.1, 0.15) is 18.1 Å². The van der Waals surface area contributed by atoms with Crippen molar-refractivity contribution in [3.05, 3.63) is 64.6 Å². The van der Waals surface area contributed by atoms with Crippen molar-refractivity contribution in [3.8, 4) is 0 Å². The van der Waals surface area contributed by atoms with Crippen LogP contribution in [-0.2, 0) is 22.7 Å². The minimum atomic E-state index is -0.567. The minimum Gasteiger partial charge on any atom is -0.350 e. The third-order valence-electron chi connectivity index (χ3n) is 6.49. The first kappa shape index (κ1) is 24.9. The maximum Gasteiger partial charge on any atom is 0.245 e. The molecule has 4 rings (SSSR count). The number of nitrogens with one attached hydrogen (secondary N) is 1. The predicted molar refractivity (Wildman–Crippen MR) is 132 cm³/mol. The maximum atomic E-state index is 14.2. The molecule has 2 amide bonds. The number of rotatable bonds is 8. The molecule has 0 aliphatic heterocycles. The Balaban J connectivity index is 1.51. The van der Waals surface area contributed by atoms with Gasteiger partial charge in [0, 0.05) is 23.5 Å². The highest BCUT2D eigenvalue weighted by Crippen LogP contribution is 2.23. The minimum absolute atomic E-state index is 0.00634. The average Bonchev–Trinajstić information content (AvgIpc) is 3.01. The fourth-order valence-electron chi connectivity index (χ4n) is 4.66. The summed E-state index contributed by atoms with van der Waals surface area (Å²) in [7, 11) is 0. The molecule has 0 spiro atoms. The van der Waals surface area contributed by atoms with Crippen molar-refractivity contribution in [3.63, 3.8) is 0 Å². The van der Waals surface area contributed by atoms with Crippen molar-refractivity contribution in [2.45, 2.75) is 57.7 Å². The van der Waals surface area contributed by atoms with Crippen LogP contribution in [0.1, 0.15) is 54.6 Å². The highest BCUT2D eigenvalue weighted by Gasteiger charge is 2.27. The van der Waals surface area contributed by atoms with Crippen LogP contribution in [0.4, 0.5) is 4.39 Å². The monoisotopic (exact) mass is 498 g/mol. The molecule has 1 heterocycles. The summed E-state index contributed by atoms with van der Waals surface area (Å²) in [6, 6.07) is 11.8. The van der Waals surface area contributed by atoms with Gasteiger partial charge in [-0.2, -0.15) is 5.10 Å². The molecule has 1 fully saturated rings. The van der Waals surface area contributed by atoms with Crippen LogP contribution in [0, 0.1) is 5.82 Å². The third kappa shape index (κ3) is 5.88. The van der Waals surface area contributed by atoms with E-state index in [1.54, 1.807) is 23.1 Å². The standard InChI is InChI=1S/C26H28ClFN4O3/c27-21-12-7-8-18(26(21)28)14-29-24(34)15-31(19-9-3-1-2-4-10-19)25(35)16-32-23-13-6-5-11-20(23)22(17-33)30-32/h5-8,11-13,17,19H,1-4,9-10,14-16H2,(H,29,34). The van der Waals surface area contributed by atoms with E-state index in [9.17, 15) is 18.8 Å². The summed E-state index contributed by atoms with van der Waals surface area (Å²) in [5.74, 6) is -1.18. The Labute approximate surface area is 208 Å². The van der Waals surface area contributed by atoms with E-state index in [0.717, 1.165) is 38.5 Å². The third-order valence-corrected chi connectivity index (χ3v) is 6.78. The first-order chi connectivity index (χ1) is 17.0. The topological polar surface area (TPSA) is 84.3 Å². The van der Waals surface area contributed by atoms with Crippen molar-refractivity contribution in [2.75, 3.05) is 6.54 Å². The van der Waals surface area contributed by atoms with E-state index in [-0.39, 0.29) is 53.8 Å². The number of carbonyl (C=O) groups excluding carboxylic acids is 3. The summed E-state index contributed by atoms with van der Waals surface area (Å²) < 4.78 is 15.7. The number of aldehydes is 1. The normalized spacial score (nSPS) is 14.5. The van der Waals surface area contributed by atoms with Gasteiger partial charge in [-0.1, -0.05) is 67.6 Å². The number of amides is 2. The Morgan fingerprint density at radius 1 is 1.11 bits per heavy atom. The lowest BCUT2D eigenvalue weighted by Crippen LogP contribution is -2.47. The second-order valence-electron chi connectivity index (χ2n) is 8.83. The fourth-order valence-corrected chi connectivity index (χ4v) is 4.85. The summed E-state index contributed by atoms with van der Waals surface area (Å²) in [4.78, 5) is 39.4. The number of para-hydroxylation sites is 1. The van der Waals surface area contributed by atoms with E-state index < -0.39 is 5.82 Å². The average molecular weight is 499 g/mol. The second kappa shape index (κ2) is 11.4. The highest BCUT2D eigenvalue weighted by atomic mass is 35.5. The van der Waals surface area contributed by atoms with Gasteiger partial charge in [-0.05, 0) is 25.0 Å². The Morgan fingerprint density at radius 2 is 1.86 bits per heavy atom. The molecule has 9 heteroatoms. The van der Waals surface area contributed by atoms with Gasteiger partial charge in [-0.3, -0.25) is 19.1 Å². The molecule has 1 N–H and O–H groups in total. The zero-order chi connectivity index (χ0) is 24.8. The molecule has 35 heavy (non-hydrogen) atoms. The number of aromatic nitrogens is 2. The fraction of sp³-hybridized carbons (Fsp3) is 0.385. The van der Waals surface area contributed by atoms with Gasteiger partial charge in [0.2, 0.25) is 11.8 Å². The van der Waals surface area contributed by atoms with Crippen LogP contribution >= 0.6 is 11.6 Å². The van der Waals surface area contributed by atoms with Crippen molar-refractivity contribution in [1.82, 2.24) is 20.0 Å². The summed E-state index contributed by atoms with van der Waals surface area (Å²) in [5, 5.41) is 7.70. The van der Waals surface area contributed by atoms with Crippen molar-refractivity contribution < 1.29 is 18.8 Å². The molecular formula is C26H28ClFN4O3. The summed E-state index contributed by atoms with van der Waals surface area (Å²) in [6.07, 6.45) is 6.50. The van der Waals surface area contributed by atoms with Gasteiger partial charge in [-0.25, -0.2) is 4.39 Å². The van der Waals surface area contributed by atoms with E-state index in [0.29, 0.717) is 17.2 Å². The van der Waals surface area contributed by atoms with Gasteiger partial charge < -0.3 is 10.2 Å². The van der Waals surface area contributed by atoms with Crippen LogP contribution in [-0.4, -0.2) is 45.4 Å². The molecule has 0 unspecified atom stereocenters. The van der Waals surface area contributed by atoms with Crippen LogP contribution in [0.5, 0.6) is 0 Å². The maximum absolute atomic E-state index is 14.2. The molecule has 1 aromatic heterocycles. The van der Waals surface area contributed by atoms with Gasteiger partial charge in [0.25, 0.3) is 0 Å². The lowest BCUT2D eigenvalue weighted by atomic mass is 10.1. The molecule has 0 atom stereocenters. The van der Waals surface area contributed by atoms with E-state index in [1.807, 2.05) is 18.2 Å². The number of hydrogen-bond donors (Lipinski definition) is 1. The Hall–Kier alpha value is -3.26. The zero-order valence-electron chi connectivity index (χ0n) is 19.4. The number of halogens is 2. The Kier molecular flexibility index (Phi) is 8.13. The number of carbonyl (C=O) groups is 3. The molecule has 0 saturated heterocycles. The van der Waals surface area contributed by atoms with E-state index in [4.69, 9.17) is 11.6 Å². The summed E-state index contributed by atoms with van der Waals surface area (Å²) in [5.41, 5.74) is 1.24. The number of hydrogen-bond acceptors (Lipinski definition) is 4. The van der Waals surface area contributed by atoms with Gasteiger partial charge in [-0.15, -0.1) is 0 Å². The van der Waals surface area contributed by atoms with E-state index in [2.05, 4.69) is 10.4 Å². The Bertz CT molecular complexity index is 1220. The Morgan fingerprint density at radius 3 is 2.60 bits per heavy atom. The molecule has 1 aliphatic carbocycles. The highest BCUT2D eigenvalue weighted by molar-refractivity contribution is 6.30. The smallest absolute Gasteiger partial charge is 0.245 e. The molecular weight excluding hydrogens is 471 g/mol. The number of nitrogens with zero attached hydrogens (tertiary/aromatic N) is 3. The first-order valence-corrected chi connectivity index (χ1v) is 12.3. The molecule has 2 aromatic carbocycles. The lowest BCUT2D eigenvalue weighted by Gasteiger charge is -2.31. The van der Waals surface area contributed by atoms with Crippen molar-refractivity contribution in [2.24, 2.45) is 0 Å². The quantitative estimate of drug-likeness (QED) is 0.366. The van der Waals surface area contributed by atoms with Gasteiger partial charge in [0.05, 0.1) is 17.1 Å². The van der Waals surface area contributed by atoms with Gasteiger partial charge >= 0.3 is 0 Å². The lowest BCUT2D eigenvalue weighted by molar-refractivity contribution is -0.139. The summed E-state index contributed by atoms with van der Waals surface area (Å²) >= 11 is 5.83. The zero-order valence-corrected chi connectivity index (χ0v) is 20.1.